The number of pyridine rings is 1. The lowest BCUT2D eigenvalue weighted by Gasteiger charge is -2.14. The van der Waals surface area contributed by atoms with Gasteiger partial charge >= 0.3 is 0 Å². The van der Waals surface area contributed by atoms with Gasteiger partial charge in [0, 0.05) is 12.2 Å². The van der Waals surface area contributed by atoms with E-state index in [-0.39, 0.29) is 0 Å². The monoisotopic (exact) mass is 189 g/mol. The zero-order chi connectivity index (χ0) is 9.97. The molecule has 0 atom stereocenters. The molecule has 1 aromatic heterocycles. The summed E-state index contributed by atoms with van der Waals surface area (Å²) in [4.78, 5) is 4.28. The van der Waals surface area contributed by atoms with E-state index in [1.807, 2.05) is 19.2 Å². The molecule has 0 radical (unpaired) electrons. The molecule has 3 nitrogen and oxygen atoms in total. The highest BCUT2D eigenvalue weighted by Crippen LogP contribution is 2.20. The van der Waals surface area contributed by atoms with E-state index in [0.29, 0.717) is 6.04 Å². The molecule has 14 heavy (non-hydrogen) atoms. The normalized spacial score (nSPS) is 16.1. The van der Waals surface area contributed by atoms with Gasteiger partial charge in [-0.3, -0.25) is 0 Å². The maximum absolute atomic E-state index is 5.85. The van der Waals surface area contributed by atoms with Gasteiger partial charge in [0.15, 0.2) is 0 Å². The minimum atomic E-state index is 0.465. The minimum absolute atomic E-state index is 0.465. The van der Waals surface area contributed by atoms with E-state index in [1.165, 1.54) is 0 Å². The van der Waals surface area contributed by atoms with E-state index >= 15 is 0 Å². The van der Waals surface area contributed by atoms with Crippen molar-refractivity contribution in [1.82, 2.24) is 4.98 Å². The fraction of sp³-hybridized carbons (Fsp3) is 0.364. The second-order valence-electron chi connectivity index (χ2n) is 3.73. The van der Waals surface area contributed by atoms with Gasteiger partial charge in [0.05, 0.1) is 5.69 Å². The van der Waals surface area contributed by atoms with Gasteiger partial charge in [-0.05, 0) is 31.4 Å². The summed E-state index contributed by atoms with van der Waals surface area (Å²) in [6, 6.07) is 2.41. The molecule has 0 unspecified atom stereocenters. The highest BCUT2D eigenvalue weighted by molar-refractivity contribution is 5.62. The molecule has 1 aliphatic rings. The molecule has 0 aliphatic heterocycles. The Balaban J connectivity index is 2.08. The summed E-state index contributed by atoms with van der Waals surface area (Å²) in [5.74, 6) is 0.810. The molecule has 0 amide bonds. The predicted octanol–water partition coefficient (Wildman–Crippen LogP) is 2.10. The van der Waals surface area contributed by atoms with Crippen LogP contribution in [0.5, 0.6) is 0 Å². The van der Waals surface area contributed by atoms with E-state index in [2.05, 4.69) is 22.5 Å². The van der Waals surface area contributed by atoms with Crippen LogP contribution in [0.15, 0.2) is 24.4 Å². The van der Waals surface area contributed by atoms with Crippen molar-refractivity contribution in [3.05, 3.63) is 30.0 Å². The number of aryl methyl sites for hydroxylation is 1. The molecule has 0 saturated carbocycles. The number of nitrogens with two attached hydrogens (primary N) is 1. The molecule has 0 aromatic carbocycles. The Morgan fingerprint density at radius 2 is 2.14 bits per heavy atom. The fourth-order valence-corrected chi connectivity index (χ4v) is 1.64. The van der Waals surface area contributed by atoms with Crippen molar-refractivity contribution in [1.29, 1.82) is 0 Å². The standard InChI is InChI=1S/C11H15N3/c1-8-6-10(12)11(13-7-8)14-9-4-2-3-5-9/h2-3,6-7,9H,4-5,12H2,1H3,(H,13,14). The topological polar surface area (TPSA) is 50.9 Å². The highest BCUT2D eigenvalue weighted by atomic mass is 15.0. The van der Waals surface area contributed by atoms with Crippen LogP contribution in [0.4, 0.5) is 11.5 Å². The number of hydrogen-bond acceptors (Lipinski definition) is 3. The lowest BCUT2D eigenvalue weighted by molar-refractivity contribution is 0.781. The third-order valence-corrected chi connectivity index (χ3v) is 2.40. The Bertz CT molecular complexity index is 350. The first-order chi connectivity index (χ1) is 6.75. The smallest absolute Gasteiger partial charge is 0.149 e. The maximum atomic E-state index is 5.85. The van der Waals surface area contributed by atoms with Crippen molar-refractivity contribution >= 4 is 11.5 Å². The summed E-state index contributed by atoms with van der Waals surface area (Å²) in [6.07, 6.45) is 8.33. The molecule has 74 valence electrons. The first-order valence-corrected chi connectivity index (χ1v) is 4.89. The summed E-state index contributed by atoms with van der Waals surface area (Å²) in [5.41, 5.74) is 7.68. The average Bonchev–Trinajstić information content (AvgIpc) is 2.62. The number of nitrogens with one attached hydrogen (secondary N) is 1. The quantitative estimate of drug-likeness (QED) is 0.700. The number of rotatable bonds is 2. The fourth-order valence-electron chi connectivity index (χ4n) is 1.64. The molecular formula is C11H15N3. The molecule has 1 aliphatic carbocycles. The SMILES string of the molecule is Cc1cnc(NC2CC=CC2)c(N)c1. The zero-order valence-electron chi connectivity index (χ0n) is 8.33. The van der Waals surface area contributed by atoms with Gasteiger partial charge in [0.2, 0.25) is 0 Å². The lowest BCUT2D eigenvalue weighted by atomic mass is 10.2. The van der Waals surface area contributed by atoms with Crippen LogP contribution in [0.3, 0.4) is 0 Å². The molecule has 3 N–H and O–H groups in total. The van der Waals surface area contributed by atoms with E-state index < -0.39 is 0 Å². The molecule has 0 fully saturated rings. The van der Waals surface area contributed by atoms with E-state index in [0.717, 1.165) is 29.9 Å². The van der Waals surface area contributed by atoms with Crippen molar-refractivity contribution in [3.8, 4) is 0 Å². The summed E-state index contributed by atoms with van der Waals surface area (Å²) in [6.45, 7) is 1.99. The highest BCUT2D eigenvalue weighted by Gasteiger charge is 2.11. The van der Waals surface area contributed by atoms with Crippen LogP contribution >= 0.6 is 0 Å². The molecule has 0 saturated heterocycles. The third-order valence-electron chi connectivity index (χ3n) is 2.40. The third kappa shape index (κ3) is 1.87. The summed E-state index contributed by atoms with van der Waals surface area (Å²) in [5, 5.41) is 3.34. The zero-order valence-corrected chi connectivity index (χ0v) is 8.33. The Labute approximate surface area is 84.0 Å². The molecule has 0 spiro atoms. The van der Waals surface area contributed by atoms with Crippen LogP contribution in [-0.4, -0.2) is 11.0 Å². The van der Waals surface area contributed by atoms with Gasteiger partial charge in [-0.25, -0.2) is 4.98 Å². The van der Waals surface area contributed by atoms with Crippen LogP contribution in [-0.2, 0) is 0 Å². The van der Waals surface area contributed by atoms with Crippen molar-refractivity contribution < 1.29 is 0 Å². The van der Waals surface area contributed by atoms with Crippen LogP contribution in [0, 0.1) is 6.92 Å². The van der Waals surface area contributed by atoms with E-state index in [1.54, 1.807) is 0 Å². The van der Waals surface area contributed by atoms with Gasteiger partial charge < -0.3 is 11.1 Å². The van der Waals surface area contributed by atoms with Crippen LogP contribution in [0.2, 0.25) is 0 Å². The number of nitrogen functional groups attached to an aromatic ring is 1. The Hall–Kier alpha value is -1.51. The van der Waals surface area contributed by atoms with Crippen molar-refractivity contribution in [3.63, 3.8) is 0 Å². The molecular weight excluding hydrogens is 174 g/mol. The van der Waals surface area contributed by atoms with Gasteiger partial charge in [-0.1, -0.05) is 12.2 Å². The Morgan fingerprint density at radius 3 is 2.79 bits per heavy atom. The van der Waals surface area contributed by atoms with Crippen molar-refractivity contribution in [2.24, 2.45) is 0 Å². The minimum Gasteiger partial charge on any atom is -0.396 e. The largest absolute Gasteiger partial charge is 0.396 e. The maximum Gasteiger partial charge on any atom is 0.149 e. The lowest BCUT2D eigenvalue weighted by Crippen LogP contribution is -2.17. The molecule has 1 aromatic rings. The summed E-state index contributed by atoms with van der Waals surface area (Å²) in [7, 11) is 0. The molecule has 3 heteroatoms. The number of aromatic nitrogens is 1. The van der Waals surface area contributed by atoms with Gasteiger partial charge in [-0.2, -0.15) is 0 Å². The summed E-state index contributed by atoms with van der Waals surface area (Å²) < 4.78 is 0. The second-order valence-corrected chi connectivity index (χ2v) is 3.73. The molecule has 2 rings (SSSR count). The van der Waals surface area contributed by atoms with Crippen LogP contribution in [0.25, 0.3) is 0 Å². The first-order valence-electron chi connectivity index (χ1n) is 4.89. The first kappa shape index (κ1) is 9.06. The van der Waals surface area contributed by atoms with Crippen LogP contribution in [0.1, 0.15) is 18.4 Å². The molecule has 0 bridgehead atoms. The van der Waals surface area contributed by atoms with Gasteiger partial charge in [0.1, 0.15) is 5.82 Å². The second kappa shape index (κ2) is 3.70. The predicted molar refractivity (Wildman–Crippen MR) is 59.2 cm³/mol. The Morgan fingerprint density at radius 1 is 1.43 bits per heavy atom. The van der Waals surface area contributed by atoms with E-state index in [9.17, 15) is 0 Å². The van der Waals surface area contributed by atoms with Gasteiger partial charge in [-0.15, -0.1) is 0 Å². The van der Waals surface area contributed by atoms with E-state index in [4.69, 9.17) is 5.73 Å². The Kier molecular flexibility index (Phi) is 2.39. The number of anilines is 2. The van der Waals surface area contributed by atoms with Crippen molar-refractivity contribution in [2.45, 2.75) is 25.8 Å². The number of hydrogen-bond donors (Lipinski definition) is 2. The van der Waals surface area contributed by atoms with Crippen LogP contribution < -0.4 is 11.1 Å². The average molecular weight is 189 g/mol. The molecule has 1 heterocycles. The summed E-state index contributed by atoms with van der Waals surface area (Å²) >= 11 is 0. The number of nitrogens with zero attached hydrogens (tertiary/aromatic N) is 1. The van der Waals surface area contributed by atoms with Crippen molar-refractivity contribution in [2.75, 3.05) is 11.1 Å². The van der Waals surface area contributed by atoms with Gasteiger partial charge in [0.25, 0.3) is 0 Å².